The van der Waals surface area contributed by atoms with Gasteiger partial charge >= 0.3 is 0 Å². The minimum absolute atomic E-state index is 0.227. The highest BCUT2D eigenvalue weighted by molar-refractivity contribution is 5.79. The molecule has 0 atom stereocenters. The molecule has 0 amide bonds. The first-order valence-electron chi connectivity index (χ1n) is 11.7. The van der Waals surface area contributed by atoms with Crippen LogP contribution >= 0.6 is 0 Å². The van der Waals surface area contributed by atoms with Crippen LogP contribution in [0.5, 0.6) is 5.75 Å². The third-order valence-electron chi connectivity index (χ3n) is 6.69. The zero-order chi connectivity index (χ0) is 21.2. The Balaban J connectivity index is 1.60. The molecule has 0 aromatic heterocycles. The Morgan fingerprint density at radius 1 is 1.03 bits per heavy atom. The Labute approximate surface area is 183 Å². The number of guanidine groups is 1. The molecule has 0 saturated carbocycles. The van der Waals surface area contributed by atoms with Crippen LogP contribution in [0.4, 0.5) is 0 Å². The summed E-state index contributed by atoms with van der Waals surface area (Å²) in [6.07, 6.45) is 7.46. The molecule has 30 heavy (non-hydrogen) atoms. The second-order valence-corrected chi connectivity index (χ2v) is 8.80. The lowest BCUT2D eigenvalue weighted by Crippen LogP contribution is -2.58. The molecular weight excluding hydrogens is 374 g/mol. The molecule has 3 rings (SSSR count). The number of methoxy groups -OCH3 is 1. The molecule has 2 N–H and O–H groups in total. The van der Waals surface area contributed by atoms with Crippen LogP contribution in [-0.4, -0.2) is 81.3 Å². The summed E-state index contributed by atoms with van der Waals surface area (Å²) < 4.78 is 5.25. The molecule has 1 aromatic carbocycles. The van der Waals surface area contributed by atoms with Gasteiger partial charge in [0.15, 0.2) is 5.96 Å². The maximum atomic E-state index is 5.25. The molecule has 2 saturated heterocycles. The molecule has 2 heterocycles. The van der Waals surface area contributed by atoms with Crippen LogP contribution in [0.25, 0.3) is 0 Å². The predicted molar refractivity (Wildman–Crippen MR) is 126 cm³/mol. The van der Waals surface area contributed by atoms with Gasteiger partial charge in [-0.3, -0.25) is 9.89 Å². The minimum Gasteiger partial charge on any atom is -0.497 e. The van der Waals surface area contributed by atoms with Crippen molar-refractivity contribution in [1.82, 2.24) is 20.4 Å². The molecule has 168 valence electrons. The maximum absolute atomic E-state index is 5.25. The lowest BCUT2D eigenvalue weighted by atomic mass is 9.84. The molecule has 2 aliphatic rings. The zero-order valence-corrected chi connectivity index (χ0v) is 19.3. The molecule has 0 unspecified atom stereocenters. The number of piperidine rings is 2. The van der Waals surface area contributed by atoms with E-state index in [0.29, 0.717) is 0 Å². The maximum Gasteiger partial charge on any atom is 0.191 e. The van der Waals surface area contributed by atoms with E-state index in [0.717, 1.165) is 37.8 Å². The summed E-state index contributed by atoms with van der Waals surface area (Å²) in [7, 11) is 3.95. The normalized spacial score (nSPS) is 20.7. The Bertz CT molecular complexity index is 646. The Morgan fingerprint density at radius 2 is 1.73 bits per heavy atom. The summed E-state index contributed by atoms with van der Waals surface area (Å²) in [5.41, 5.74) is 1.53. The number of hydrogen-bond donors (Lipinski definition) is 2. The lowest BCUT2D eigenvalue weighted by molar-refractivity contribution is 0.0208. The van der Waals surface area contributed by atoms with Crippen molar-refractivity contribution in [3.8, 4) is 5.75 Å². The molecule has 2 aliphatic heterocycles. The van der Waals surface area contributed by atoms with Gasteiger partial charge in [-0.1, -0.05) is 18.6 Å². The summed E-state index contributed by atoms with van der Waals surface area (Å²) in [5, 5.41) is 6.99. The third kappa shape index (κ3) is 6.35. The summed E-state index contributed by atoms with van der Waals surface area (Å²) in [5.74, 6) is 1.85. The highest BCUT2D eigenvalue weighted by Crippen LogP contribution is 2.31. The first-order valence-corrected chi connectivity index (χ1v) is 11.7. The topological polar surface area (TPSA) is 52.1 Å². The van der Waals surface area contributed by atoms with Gasteiger partial charge in [0.05, 0.1) is 13.7 Å². The smallest absolute Gasteiger partial charge is 0.191 e. The fraction of sp³-hybridized carbons (Fsp3) is 0.708. The first kappa shape index (κ1) is 22.9. The zero-order valence-electron chi connectivity index (χ0n) is 19.3. The molecule has 6 nitrogen and oxygen atoms in total. The lowest BCUT2D eigenvalue weighted by Gasteiger charge is -2.49. The van der Waals surface area contributed by atoms with E-state index in [-0.39, 0.29) is 5.54 Å². The van der Waals surface area contributed by atoms with Gasteiger partial charge in [-0.25, -0.2) is 0 Å². The second kappa shape index (κ2) is 11.6. The van der Waals surface area contributed by atoms with E-state index >= 15 is 0 Å². The van der Waals surface area contributed by atoms with Crippen molar-refractivity contribution >= 4 is 5.96 Å². The highest BCUT2D eigenvalue weighted by Gasteiger charge is 2.39. The number of ether oxygens (including phenoxy) is 1. The van der Waals surface area contributed by atoms with Crippen molar-refractivity contribution in [3.63, 3.8) is 0 Å². The van der Waals surface area contributed by atoms with E-state index in [4.69, 9.17) is 9.73 Å². The average molecular weight is 416 g/mol. The van der Waals surface area contributed by atoms with Crippen molar-refractivity contribution in [2.45, 2.75) is 51.0 Å². The molecule has 0 radical (unpaired) electrons. The summed E-state index contributed by atoms with van der Waals surface area (Å²) in [6, 6.07) is 8.32. The van der Waals surface area contributed by atoms with Crippen LogP contribution in [0.3, 0.4) is 0 Å². The predicted octanol–water partition coefficient (Wildman–Crippen LogP) is 2.74. The molecule has 0 spiro atoms. The van der Waals surface area contributed by atoms with Gasteiger partial charge in [-0.15, -0.1) is 0 Å². The number of nitrogens with zero attached hydrogens (tertiary/aromatic N) is 3. The Morgan fingerprint density at radius 3 is 2.37 bits per heavy atom. The number of nitrogens with one attached hydrogen (secondary N) is 2. The quantitative estimate of drug-likeness (QED) is 0.505. The van der Waals surface area contributed by atoms with Crippen LogP contribution in [0.1, 0.15) is 44.6 Å². The monoisotopic (exact) mass is 415 g/mol. The highest BCUT2D eigenvalue weighted by atomic mass is 16.5. The molecule has 0 bridgehead atoms. The van der Waals surface area contributed by atoms with Crippen LogP contribution in [0.15, 0.2) is 29.3 Å². The van der Waals surface area contributed by atoms with Crippen molar-refractivity contribution in [2.75, 3.05) is 60.0 Å². The SMILES string of the molecule is CCNC(=NCC1(N2CCCCC2)CCN(C)CC1)NCCc1ccc(OC)cc1. The van der Waals surface area contributed by atoms with Crippen molar-refractivity contribution in [2.24, 2.45) is 4.99 Å². The van der Waals surface area contributed by atoms with Gasteiger partial charge in [-0.2, -0.15) is 0 Å². The van der Waals surface area contributed by atoms with E-state index < -0.39 is 0 Å². The molecule has 0 aliphatic carbocycles. The summed E-state index contributed by atoms with van der Waals surface area (Å²) in [6.45, 7) is 9.60. The molecule has 2 fully saturated rings. The summed E-state index contributed by atoms with van der Waals surface area (Å²) >= 11 is 0. The van der Waals surface area contributed by atoms with E-state index in [1.807, 2.05) is 12.1 Å². The standard InChI is InChI=1S/C24H41N5O/c1-4-25-23(26-15-12-21-8-10-22(30-3)11-9-21)27-20-24(13-18-28(2)19-14-24)29-16-6-5-7-17-29/h8-11H,4-7,12-20H2,1-3H3,(H2,25,26,27). The first-order chi connectivity index (χ1) is 14.6. The van der Waals surface area contributed by atoms with Crippen LogP contribution in [-0.2, 0) is 6.42 Å². The van der Waals surface area contributed by atoms with Crippen molar-refractivity contribution in [1.29, 1.82) is 0 Å². The largest absolute Gasteiger partial charge is 0.497 e. The van der Waals surface area contributed by atoms with Crippen molar-refractivity contribution in [3.05, 3.63) is 29.8 Å². The van der Waals surface area contributed by atoms with E-state index in [2.05, 4.69) is 46.5 Å². The average Bonchev–Trinajstić information content (AvgIpc) is 2.80. The number of likely N-dealkylation sites (tertiary alicyclic amines) is 2. The van der Waals surface area contributed by atoms with Crippen molar-refractivity contribution < 1.29 is 4.74 Å². The molecule has 6 heteroatoms. The minimum atomic E-state index is 0.227. The van der Waals surface area contributed by atoms with Gasteiger partial charge in [0.25, 0.3) is 0 Å². The second-order valence-electron chi connectivity index (χ2n) is 8.80. The Kier molecular flexibility index (Phi) is 8.82. The van der Waals surface area contributed by atoms with E-state index in [9.17, 15) is 0 Å². The number of benzene rings is 1. The van der Waals surface area contributed by atoms with Gasteiger partial charge < -0.3 is 20.3 Å². The van der Waals surface area contributed by atoms with Crippen LogP contribution < -0.4 is 15.4 Å². The Hall–Kier alpha value is -1.79. The van der Waals surface area contributed by atoms with Crippen LogP contribution in [0.2, 0.25) is 0 Å². The summed E-state index contributed by atoms with van der Waals surface area (Å²) in [4.78, 5) is 10.3. The van der Waals surface area contributed by atoms with Gasteiger partial charge in [0, 0.05) is 18.6 Å². The third-order valence-corrected chi connectivity index (χ3v) is 6.69. The van der Waals surface area contributed by atoms with Crippen LogP contribution in [0, 0.1) is 0 Å². The van der Waals surface area contributed by atoms with Gasteiger partial charge in [-0.05, 0) is 90.0 Å². The van der Waals surface area contributed by atoms with Gasteiger partial charge in [0.2, 0.25) is 0 Å². The van der Waals surface area contributed by atoms with E-state index in [1.54, 1.807) is 7.11 Å². The number of hydrogen-bond acceptors (Lipinski definition) is 4. The van der Waals surface area contributed by atoms with Gasteiger partial charge in [0.1, 0.15) is 5.75 Å². The number of aliphatic imine (C=N–C) groups is 1. The molecule has 1 aromatic rings. The number of rotatable bonds is 8. The fourth-order valence-electron chi connectivity index (χ4n) is 4.66. The molecular formula is C24H41N5O. The van der Waals surface area contributed by atoms with E-state index in [1.165, 1.54) is 63.8 Å². The fourth-order valence-corrected chi connectivity index (χ4v) is 4.66.